The Morgan fingerprint density at radius 1 is 1.25 bits per heavy atom. The summed E-state index contributed by atoms with van der Waals surface area (Å²) in [6.07, 6.45) is 2.58. The fourth-order valence-corrected chi connectivity index (χ4v) is 3.81. The Labute approximate surface area is 134 Å². The zero-order valence-corrected chi connectivity index (χ0v) is 14.0. The van der Waals surface area contributed by atoms with Gasteiger partial charge in [0.05, 0.1) is 28.4 Å². The molecule has 2 rings (SSSR count). The number of benzene rings is 1. The summed E-state index contributed by atoms with van der Waals surface area (Å²) in [6.45, 7) is 0.258. The molecular formula is C13H16Br2N2O3. The van der Waals surface area contributed by atoms with Crippen LogP contribution in [-0.4, -0.2) is 27.4 Å². The predicted molar refractivity (Wildman–Crippen MR) is 83.1 cm³/mol. The number of nitroso groups, excluding NO2 is 1. The third kappa shape index (κ3) is 3.71. The number of phenolic OH excluding ortho intramolecular Hbond substituents is 1. The molecule has 1 aliphatic carbocycles. The van der Waals surface area contributed by atoms with Gasteiger partial charge in [-0.2, -0.15) is 0 Å². The van der Waals surface area contributed by atoms with Crippen LogP contribution < -0.4 is 0 Å². The monoisotopic (exact) mass is 406 g/mol. The number of aliphatic hydroxyl groups excluding tert-OH is 1. The summed E-state index contributed by atoms with van der Waals surface area (Å²) in [7, 11) is 0. The first-order chi connectivity index (χ1) is 9.51. The van der Waals surface area contributed by atoms with Crippen LogP contribution in [0.2, 0.25) is 0 Å². The molecule has 0 bridgehead atoms. The lowest BCUT2D eigenvalue weighted by atomic mass is 9.92. The minimum atomic E-state index is -0.270. The van der Waals surface area contributed by atoms with Crippen LogP contribution in [0.25, 0.3) is 0 Å². The maximum atomic E-state index is 11.1. The second-order valence-corrected chi connectivity index (χ2v) is 6.81. The first-order valence-electron chi connectivity index (χ1n) is 6.46. The van der Waals surface area contributed by atoms with Crippen LogP contribution in [0.3, 0.4) is 0 Å². The van der Waals surface area contributed by atoms with Crippen LogP contribution in [0.4, 0.5) is 0 Å². The zero-order chi connectivity index (χ0) is 14.7. The Hall–Kier alpha value is -0.660. The second-order valence-electron chi connectivity index (χ2n) is 5.04. The summed E-state index contributed by atoms with van der Waals surface area (Å²) in [5.74, 6) is 0.123. The summed E-state index contributed by atoms with van der Waals surface area (Å²) in [5.41, 5.74) is 0.636. The molecule has 1 saturated carbocycles. The van der Waals surface area contributed by atoms with E-state index < -0.39 is 0 Å². The summed E-state index contributed by atoms with van der Waals surface area (Å²) < 4.78 is 1.40. The van der Waals surface area contributed by atoms with Gasteiger partial charge in [-0.25, -0.2) is 0 Å². The molecule has 7 heteroatoms. The lowest BCUT2D eigenvalue weighted by Gasteiger charge is -2.31. The molecule has 1 aromatic carbocycles. The molecule has 0 spiro atoms. The maximum Gasteiger partial charge on any atom is 0.134 e. The Bertz CT molecular complexity index is 491. The van der Waals surface area contributed by atoms with E-state index in [2.05, 4.69) is 37.1 Å². The van der Waals surface area contributed by atoms with Crippen LogP contribution in [0.1, 0.15) is 31.2 Å². The number of hydrogen-bond acceptors (Lipinski definition) is 4. The molecule has 0 aliphatic heterocycles. The van der Waals surface area contributed by atoms with Gasteiger partial charge >= 0.3 is 0 Å². The highest BCUT2D eigenvalue weighted by molar-refractivity contribution is 9.11. The van der Waals surface area contributed by atoms with Gasteiger partial charge in [0.15, 0.2) is 0 Å². The van der Waals surface area contributed by atoms with Crippen molar-refractivity contribution in [2.75, 3.05) is 0 Å². The van der Waals surface area contributed by atoms with Crippen molar-refractivity contribution in [1.82, 2.24) is 5.01 Å². The Morgan fingerprint density at radius 3 is 2.50 bits per heavy atom. The van der Waals surface area contributed by atoms with Gasteiger partial charge in [0.2, 0.25) is 0 Å². The van der Waals surface area contributed by atoms with E-state index in [1.165, 1.54) is 5.01 Å². The molecule has 0 radical (unpaired) electrons. The van der Waals surface area contributed by atoms with Crippen LogP contribution in [0.5, 0.6) is 5.75 Å². The van der Waals surface area contributed by atoms with Gasteiger partial charge in [0.1, 0.15) is 5.75 Å². The van der Waals surface area contributed by atoms with Crippen LogP contribution in [-0.2, 0) is 6.54 Å². The molecule has 0 atom stereocenters. The van der Waals surface area contributed by atoms with Gasteiger partial charge in [-0.3, -0.25) is 5.01 Å². The molecule has 0 saturated heterocycles. The van der Waals surface area contributed by atoms with E-state index in [0.29, 0.717) is 22.9 Å². The van der Waals surface area contributed by atoms with Gasteiger partial charge in [-0.15, -0.1) is 4.91 Å². The largest absolute Gasteiger partial charge is 0.506 e. The molecule has 110 valence electrons. The van der Waals surface area contributed by atoms with Gasteiger partial charge in [-0.1, -0.05) is 15.9 Å². The molecule has 1 aromatic rings. The number of rotatable bonds is 4. The Balaban J connectivity index is 2.12. The number of halogens is 2. The minimum absolute atomic E-state index is 0.0213. The van der Waals surface area contributed by atoms with E-state index in [-0.39, 0.29) is 24.4 Å². The summed E-state index contributed by atoms with van der Waals surface area (Å²) in [4.78, 5) is 11.1. The van der Waals surface area contributed by atoms with Crippen molar-refractivity contribution in [2.24, 2.45) is 5.29 Å². The smallest absolute Gasteiger partial charge is 0.134 e. The summed E-state index contributed by atoms with van der Waals surface area (Å²) in [6, 6.07) is 3.54. The van der Waals surface area contributed by atoms with E-state index in [0.717, 1.165) is 17.3 Å². The molecule has 5 nitrogen and oxygen atoms in total. The average molecular weight is 408 g/mol. The SMILES string of the molecule is O=NN(Cc1cc(Br)cc(Br)c1O)C1CCC(O)CC1. The van der Waals surface area contributed by atoms with Crippen molar-refractivity contribution in [2.45, 2.75) is 44.4 Å². The lowest BCUT2D eigenvalue weighted by molar-refractivity contribution is 0.0704. The normalized spacial score (nSPS) is 22.6. The standard InChI is InChI=1S/C13H16Br2N2O3/c14-9-5-8(13(19)12(15)6-9)7-17(16-20)10-1-3-11(18)4-2-10/h5-6,10-11,18-19H,1-4,7H2. The Kier molecular flexibility index (Phi) is 5.40. The lowest BCUT2D eigenvalue weighted by Crippen LogP contribution is -2.35. The van der Waals surface area contributed by atoms with Crippen molar-refractivity contribution >= 4 is 31.9 Å². The molecule has 1 fully saturated rings. The minimum Gasteiger partial charge on any atom is -0.506 e. The topological polar surface area (TPSA) is 73.1 Å². The highest BCUT2D eigenvalue weighted by atomic mass is 79.9. The molecule has 0 aromatic heterocycles. The molecule has 0 unspecified atom stereocenters. The first kappa shape index (κ1) is 15.7. The molecule has 1 aliphatic rings. The molecule has 0 amide bonds. The highest BCUT2D eigenvalue weighted by Crippen LogP contribution is 2.34. The number of aliphatic hydroxyl groups is 1. The number of hydrogen-bond donors (Lipinski definition) is 2. The van der Waals surface area contributed by atoms with E-state index in [9.17, 15) is 15.1 Å². The number of aromatic hydroxyl groups is 1. The predicted octanol–water partition coefficient (Wildman–Crippen LogP) is 3.70. The van der Waals surface area contributed by atoms with Crippen LogP contribution >= 0.6 is 31.9 Å². The van der Waals surface area contributed by atoms with Crippen molar-refractivity contribution < 1.29 is 10.2 Å². The maximum absolute atomic E-state index is 11.1. The van der Waals surface area contributed by atoms with E-state index >= 15 is 0 Å². The average Bonchev–Trinajstić information content (AvgIpc) is 2.42. The quantitative estimate of drug-likeness (QED) is 0.589. The molecule has 0 heterocycles. The molecule has 2 N–H and O–H groups in total. The van der Waals surface area contributed by atoms with E-state index in [4.69, 9.17) is 0 Å². The van der Waals surface area contributed by atoms with Crippen molar-refractivity contribution in [3.05, 3.63) is 31.5 Å². The van der Waals surface area contributed by atoms with Crippen LogP contribution in [0, 0.1) is 4.91 Å². The third-order valence-corrected chi connectivity index (χ3v) is 4.69. The van der Waals surface area contributed by atoms with Gasteiger partial charge in [-0.05, 0) is 53.7 Å². The van der Waals surface area contributed by atoms with Gasteiger partial charge in [0, 0.05) is 10.0 Å². The van der Waals surface area contributed by atoms with Crippen molar-refractivity contribution in [1.29, 1.82) is 0 Å². The second kappa shape index (κ2) is 6.87. The highest BCUT2D eigenvalue weighted by Gasteiger charge is 2.26. The van der Waals surface area contributed by atoms with Crippen LogP contribution in [0.15, 0.2) is 26.4 Å². The number of phenols is 1. The van der Waals surface area contributed by atoms with E-state index in [1.54, 1.807) is 12.1 Å². The summed E-state index contributed by atoms with van der Waals surface area (Å²) in [5, 5.41) is 24.1. The fourth-order valence-electron chi connectivity index (χ4n) is 2.50. The zero-order valence-electron chi connectivity index (χ0n) is 10.8. The molecular weight excluding hydrogens is 392 g/mol. The van der Waals surface area contributed by atoms with Crippen molar-refractivity contribution in [3.8, 4) is 5.75 Å². The van der Waals surface area contributed by atoms with Gasteiger partial charge in [0.25, 0.3) is 0 Å². The fraction of sp³-hybridized carbons (Fsp3) is 0.538. The Morgan fingerprint density at radius 2 is 1.90 bits per heavy atom. The first-order valence-corrected chi connectivity index (χ1v) is 8.04. The van der Waals surface area contributed by atoms with Gasteiger partial charge < -0.3 is 10.2 Å². The third-order valence-electron chi connectivity index (χ3n) is 3.63. The van der Waals surface area contributed by atoms with Crippen molar-refractivity contribution in [3.63, 3.8) is 0 Å². The number of nitrogens with zero attached hydrogens (tertiary/aromatic N) is 2. The molecule has 20 heavy (non-hydrogen) atoms. The van der Waals surface area contributed by atoms with E-state index in [1.807, 2.05) is 0 Å². The summed E-state index contributed by atoms with van der Waals surface area (Å²) >= 11 is 6.63.